The predicted octanol–water partition coefficient (Wildman–Crippen LogP) is 4.74. The van der Waals surface area contributed by atoms with Gasteiger partial charge in [0.15, 0.2) is 5.76 Å². The fourth-order valence-corrected chi connectivity index (χ4v) is 3.55. The number of rotatable bonds is 6. The number of ether oxygens (including phenoxy) is 1. The topological polar surface area (TPSA) is 64.4 Å². The van der Waals surface area contributed by atoms with Crippen LogP contribution in [0.4, 0.5) is 5.69 Å². The molecular weight excluding hydrogens is 360 g/mol. The molecule has 0 unspecified atom stereocenters. The van der Waals surface area contributed by atoms with Gasteiger partial charge < -0.3 is 14.6 Å². The average Bonchev–Trinajstić information content (AvgIpc) is 3.38. The van der Waals surface area contributed by atoms with E-state index < -0.39 is 5.41 Å². The molecule has 138 valence electrons. The molecule has 0 aliphatic heterocycles. The second-order valence-electron chi connectivity index (χ2n) is 6.58. The highest BCUT2D eigenvalue weighted by Crippen LogP contribution is 2.49. The van der Waals surface area contributed by atoms with E-state index >= 15 is 0 Å². The van der Waals surface area contributed by atoms with Crippen molar-refractivity contribution < 1.29 is 14.1 Å². The third-order valence-corrected chi connectivity index (χ3v) is 5.59. The van der Waals surface area contributed by atoms with Crippen LogP contribution >= 0.6 is 11.8 Å². The minimum Gasteiger partial charge on any atom is -0.497 e. The molecule has 3 aromatic rings. The van der Waals surface area contributed by atoms with Gasteiger partial charge in [-0.1, -0.05) is 23.4 Å². The van der Waals surface area contributed by atoms with Gasteiger partial charge in [0.1, 0.15) is 5.75 Å². The molecule has 1 N–H and O–H groups in total. The van der Waals surface area contributed by atoms with E-state index in [9.17, 15) is 4.79 Å². The van der Waals surface area contributed by atoms with Crippen LogP contribution in [0.3, 0.4) is 0 Å². The first-order valence-corrected chi connectivity index (χ1v) is 9.94. The summed E-state index contributed by atoms with van der Waals surface area (Å²) in [6.45, 7) is 0. The van der Waals surface area contributed by atoms with Crippen LogP contribution in [0, 0.1) is 0 Å². The standard InChI is InChI=1S/C21H20N2O3S/c1-25-16-7-3-5-14(11-16)18-13-19(23-26-18)21(9-10-21)20(24)22-15-6-4-8-17(12-15)27-2/h3-8,11-13H,9-10H2,1-2H3,(H,22,24). The van der Waals surface area contributed by atoms with Gasteiger partial charge in [-0.2, -0.15) is 0 Å². The minimum atomic E-state index is -0.601. The van der Waals surface area contributed by atoms with Crippen LogP contribution in [0.2, 0.25) is 0 Å². The molecule has 1 aliphatic carbocycles. The number of hydrogen-bond acceptors (Lipinski definition) is 5. The Labute approximate surface area is 162 Å². The molecule has 2 aromatic carbocycles. The summed E-state index contributed by atoms with van der Waals surface area (Å²) in [5.74, 6) is 1.34. The summed E-state index contributed by atoms with van der Waals surface area (Å²) >= 11 is 1.64. The van der Waals surface area contributed by atoms with Gasteiger partial charge in [0, 0.05) is 22.2 Å². The molecule has 1 aromatic heterocycles. The van der Waals surface area contributed by atoms with Gasteiger partial charge in [-0.3, -0.25) is 4.79 Å². The van der Waals surface area contributed by atoms with Crippen LogP contribution in [0.1, 0.15) is 18.5 Å². The van der Waals surface area contributed by atoms with E-state index in [1.54, 1.807) is 18.9 Å². The summed E-state index contributed by atoms with van der Waals surface area (Å²) in [5.41, 5.74) is 1.75. The number of carbonyl (C=O) groups is 1. The number of amides is 1. The Kier molecular flexibility index (Phi) is 4.66. The lowest BCUT2D eigenvalue weighted by Gasteiger charge is -2.13. The number of benzene rings is 2. The van der Waals surface area contributed by atoms with Crippen molar-refractivity contribution >= 4 is 23.4 Å². The van der Waals surface area contributed by atoms with Crippen molar-refractivity contribution in [1.82, 2.24) is 5.16 Å². The van der Waals surface area contributed by atoms with Crippen molar-refractivity contribution in [3.63, 3.8) is 0 Å². The number of nitrogens with one attached hydrogen (secondary N) is 1. The number of hydrogen-bond donors (Lipinski definition) is 1. The Morgan fingerprint density at radius 3 is 2.74 bits per heavy atom. The molecule has 1 saturated carbocycles. The van der Waals surface area contributed by atoms with E-state index in [0.29, 0.717) is 11.5 Å². The molecule has 1 fully saturated rings. The largest absolute Gasteiger partial charge is 0.497 e. The maximum Gasteiger partial charge on any atom is 0.236 e. The summed E-state index contributed by atoms with van der Waals surface area (Å²) < 4.78 is 10.8. The molecule has 1 heterocycles. The summed E-state index contributed by atoms with van der Waals surface area (Å²) in [4.78, 5) is 14.0. The van der Waals surface area contributed by atoms with Gasteiger partial charge in [0.05, 0.1) is 18.2 Å². The Hall–Kier alpha value is -2.73. The van der Waals surface area contributed by atoms with Crippen LogP contribution in [-0.4, -0.2) is 24.4 Å². The molecule has 6 heteroatoms. The Balaban J connectivity index is 1.56. The summed E-state index contributed by atoms with van der Waals surface area (Å²) in [6, 6.07) is 17.3. The van der Waals surface area contributed by atoms with Crippen molar-refractivity contribution in [1.29, 1.82) is 0 Å². The van der Waals surface area contributed by atoms with Crippen molar-refractivity contribution in [2.45, 2.75) is 23.2 Å². The van der Waals surface area contributed by atoms with E-state index in [2.05, 4.69) is 10.5 Å². The van der Waals surface area contributed by atoms with Gasteiger partial charge in [-0.05, 0) is 49.4 Å². The van der Waals surface area contributed by atoms with E-state index in [0.717, 1.165) is 34.7 Å². The number of aromatic nitrogens is 1. The number of thioether (sulfide) groups is 1. The SMILES string of the molecule is COc1cccc(-c2cc(C3(C(=O)Nc4cccc(SC)c4)CC3)no2)c1. The monoisotopic (exact) mass is 380 g/mol. The first kappa shape index (κ1) is 17.7. The number of carbonyl (C=O) groups excluding carboxylic acids is 1. The van der Waals surface area contributed by atoms with E-state index in [4.69, 9.17) is 9.26 Å². The summed E-state index contributed by atoms with van der Waals surface area (Å²) in [6.07, 6.45) is 3.55. The zero-order chi connectivity index (χ0) is 18.9. The van der Waals surface area contributed by atoms with Crippen LogP contribution in [0.25, 0.3) is 11.3 Å². The number of methoxy groups -OCH3 is 1. The molecule has 1 amide bonds. The molecule has 27 heavy (non-hydrogen) atoms. The van der Waals surface area contributed by atoms with Crippen molar-refractivity contribution in [3.05, 3.63) is 60.3 Å². The second kappa shape index (κ2) is 7.12. The maximum absolute atomic E-state index is 12.9. The zero-order valence-electron chi connectivity index (χ0n) is 15.2. The van der Waals surface area contributed by atoms with E-state index in [1.165, 1.54) is 0 Å². The third kappa shape index (κ3) is 3.45. The lowest BCUT2D eigenvalue weighted by Crippen LogP contribution is -2.28. The molecule has 4 rings (SSSR count). The van der Waals surface area contributed by atoms with E-state index in [-0.39, 0.29) is 5.91 Å². The Bertz CT molecular complexity index is 979. The quantitative estimate of drug-likeness (QED) is 0.626. The van der Waals surface area contributed by atoms with Gasteiger partial charge in [-0.15, -0.1) is 11.8 Å². The third-order valence-electron chi connectivity index (χ3n) is 4.87. The van der Waals surface area contributed by atoms with Gasteiger partial charge in [0.2, 0.25) is 5.91 Å². The molecule has 5 nitrogen and oxygen atoms in total. The van der Waals surface area contributed by atoms with Gasteiger partial charge in [-0.25, -0.2) is 0 Å². The van der Waals surface area contributed by atoms with Crippen LogP contribution in [-0.2, 0) is 10.2 Å². The average molecular weight is 380 g/mol. The molecule has 0 radical (unpaired) electrons. The van der Waals surface area contributed by atoms with E-state index in [1.807, 2.05) is 60.9 Å². The number of nitrogens with zero attached hydrogens (tertiary/aromatic N) is 1. The fraction of sp³-hybridized carbons (Fsp3) is 0.238. The Morgan fingerprint density at radius 1 is 1.19 bits per heavy atom. The van der Waals surface area contributed by atoms with Crippen LogP contribution < -0.4 is 10.1 Å². The van der Waals surface area contributed by atoms with Gasteiger partial charge >= 0.3 is 0 Å². The second-order valence-corrected chi connectivity index (χ2v) is 7.46. The maximum atomic E-state index is 12.9. The van der Waals surface area contributed by atoms with Gasteiger partial charge in [0.25, 0.3) is 0 Å². The molecular formula is C21H20N2O3S. The lowest BCUT2D eigenvalue weighted by atomic mass is 10.00. The first-order chi connectivity index (χ1) is 13.1. The zero-order valence-corrected chi connectivity index (χ0v) is 16.0. The summed E-state index contributed by atoms with van der Waals surface area (Å²) in [7, 11) is 1.63. The predicted molar refractivity (Wildman–Crippen MR) is 106 cm³/mol. The molecule has 0 bridgehead atoms. The smallest absolute Gasteiger partial charge is 0.236 e. The van der Waals surface area contributed by atoms with Crippen molar-refractivity contribution in [3.8, 4) is 17.1 Å². The summed E-state index contributed by atoms with van der Waals surface area (Å²) in [5, 5.41) is 7.23. The highest BCUT2D eigenvalue weighted by molar-refractivity contribution is 7.98. The highest BCUT2D eigenvalue weighted by Gasteiger charge is 2.53. The van der Waals surface area contributed by atoms with Crippen molar-refractivity contribution in [2.24, 2.45) is 0 Å². The fourth-order valence-electron chi connectivity index (χ4n) is 3.09. The number of anilines is 1. The van der Waals surface area contributed by atoms with Crippen molar-refractivity contribution in [2.75, 3.05) is 18.7 Å². The van der Waals surface area contributed by atoms with Crippen LogP contribution in [0.5, 0.6) is 5.75 Å². The minimum absolute atomic E-state index is 0.0359. The molecule has 0 atom stereocenters. The molecule has 0 spiro atoms. The molecule has 0 saturated heterocycles. The van der Waals surface area contributed by atoms with Crippen LogP contribution in [0.15, 0.2) is 64.0 Å². The normalized spacial score (nSPS) is 14.6. The lowest BCUT2D eigenvalue weighted by molar-refractivity contribution is -0.118. The first-order valence-electron chi connectivity index (χ1n) is 8.72. The Morgan fingerprint density at radius 2 is 2.00 bits per heavy atom. The highest BCUT2D eigenvalue weighted by atomic mass is 32.2. The molecule has 1 aliphatic rings.